The Kier molecular flexibility index (Phi) is 4.93. The summed E-state index contributed by atoms with van der Waals surface area (Å²) in [6.45, 7) is 4.75. The molecule has 0 fully saturated rings. The molecule has 1 atom stereocenters. The van der Waals surface area contributed by atoms with Crippen molar-refractivity contribution in [2.75, 3.05) is 13.7 Å². The van der Waals surface area contributed by atoms with Gasteiger partial charge in [0, 0.05) is 0 Å². The Morgan fingerprint density at radius 3 is 2.57 bits per heavy atom. The number of halogens is 1. The van der Waals surface area contributed by atoms with Crippen molar-refractivity contribution >= 4 is 11.6 Å². The molecular weight excluding hydrogens is 210 g/mol. The molecule has 0 rings (SSSR count). The fourth-order valence-electron chi connectivity index (χ4n) is 0.494. The molecule has 0 saturated heterocycles. The third kappa shape index (κ3) is 3.97. The van der Waals surface area contributed by atoms with Crippen molar-refractivity contribution in [2.24, 2.45) is 5.28 Å². The van der Waals surface area contributed by atoms with E-state index in [9.17, 15) is 5.21 Å². The van der Waals surface area contributed by atoms with E-state index in [1.54, 1.807) is 13.8 Å². The normalized spacial score (nSPS) is 15.1. The molecule has 0 heterocycles. The van der Waals surface area contributed by atoms with Crippen LogP contribution in [0.15, 0.2) is 5.28 Å². The van der Waals surface area contributed by atoms with Crippen LogP contribution in [0.2, 0.25) is 0 Å². The topological polar surface area (TPSA) is 71.1 Å². The summed E-state index contributed by atoms with van der Waals surface area (Å²) in [5.74, 6) is 0. The number of alkyl halides is 1. The van der Waals surface area contributed by atoms with Crippen LogP contribution in [0.4, 0.5) is 0 Å². The van der Waals surface area contributed by atoms with E-state index in [4.69, 9.17) is 16.7 Å². The molecule has 6 nitrogen and oxygen atoms in total. The van der Waals surface area contributed by atoms with Gasteiger partial charge >= 0.3 is 0 Å². The summed E-state index contributed by atoms with van der Waals surface area (Å²) in [7, 11) is 1.50. The van der Waals surface area contributed by atoms with E-state index in [2.05, 4.69) is 10.1 Å². The van der Waals surface area contributed by atoms with Gasteiger partial charge in [0.15, 0.2) is 0 Å². The van der Waals surface area contributed by atoms with Crippen molar-refractivity contribution in [1.29, 1.82) is 0 Å². The Labute approximate surface area is 88.2 Å². The number of hydrazine groups is 1. The molecule has 0 aliphatic heterocycles. The van der Waals surface area contributed by atoms with E-state index < -0.39 is 11.1 Å². The SMILES string of the molecule is CC(Cl)O/N=[N+](\[O-])N(C)C(C)(C)CO. The van der Waals surface area contributed by atoms with Crippen molar-refractivity contribution in [3.05, 3.63) is 5.21 Å². The second kappa shape index (κ2) is 5.21. The number of likely N-dealkylation sites (N-methyl/N-ethyl adjacent to an activating group) is 1. The van der Waals surface area contributed by atoms with Gasteiger partial charge in [0.05, 0.1) is 18.6 Å². The minimum atomic E-state index is -0.704. The standard InChI is InChI=1S/C7H16ClN3O3/c1-6(8)14-9-11(13)10(4)7(2,3)5-12/h6,12H,5H2,1-4H3/b11-9-. The van der Waals surface area contributed by atoms with Gasteiger partial charge in [-0.1, -0.05) is 11.6 Å². The van der Waals surface area contributed by atoms with Crippen LogP contribution in [0, 0.1) is 5.21 Å². The zero-order chi connectivity index (χ0) is 11.4. The van der Waals surface area contributed by atoms with Crippen molar-refractivity contribution in [2.45, 2.75) is 31.9 Å². The Bertz CT molecular complexity index is 208. The van der Waals surface area contributed by atoms with Crippen LogP contribution in [0.25, 0.3) is 0 Å². The number of rotatable bonds is 5. The van der Waals surface area contributed by atoms with Gasteiger partial charge in [-0.2, -0.15) is 0 Å². The van der Waals surface area contributed by atoms with Crippen LogP contribution in [0.3, 0.4) is 0 Å². The number of aliphatic hydroxyl groups is 1. The van der Waals surface area contributed by atoms with Crippen LogP contribution < -0.4 is 0 Å². The second-order valence-electron chi connectivity index (χ2n) is 3.48. The molecule has 1 N–H and O–H groups in total. The van der Waals surface area contributed by atoms with Crippen LogP contribution in [0.5, 0.6) is 0 Å². The first-order valence-corrected chi connectivity index (χ1v) is 4.57. The summed E-state index contributed by atoms with van der Waals surface area (Å²) in [6, 6.07) is 0. The Balaban J connectivity index is 4.38. The highest BCUT2D eigenvalue weighted by atomic mass is 35.5. The number of nitrogens with zero attached hydrogens (tertiary/aromatic N) is 3. The quantitative estimate of drug-likeness (QED) is 0.329. The predicted molar refractivity (Wildman–Crippen MR) is 51.4 cm³/mol. The first-order valence-electron chi connectivity index (χ1n) is 4.14. The molecule has 0 aliphatic rings. The highest BCUT2D eigenvalue weighted by Gasteiger charge is 2.29. The average molecular weight is 226 g/mol. The average Bonchev–Trinajstić information content (AvgIpc) is 2.12. The lowest BCUT2D eigenvalue weighted by molar-refractivity contribution is -0.721. The van der Waals surface area contributed by atoms with Crippen LogP contribution in [-0.4, -0.2) is 39.8 Å². The lowest BCUT2D eigenvalue weighted by Gasteiger charge is -2.28. The van der Waals surface area contributed by atoms with Gasteiger partial charge in [0.25, 0.3) is 0 Å². The molecule has 0 aromatic heterocycles. The van der Waals surface area contributed by atoms with Gasteiger partial charge in [-0.3, -0.25) is 0 Å². The van der Waals surface area contributed by atoms with Crippen LogP contribution >= 0.6 is 11.6 Å². The Morgan fingerprint density at radius 2 is 2.21 bits per heavy atom. The molecule has 0 bridgehead atoms. The minimum absolute atomic E-state index is 0.172. The van der Waals surface area contributed by atoms with E-state index in [1.807, 2.05) is 0 Å². The van der Waals surface area contributed by atoms with Gasteiger partial charge in [-0.05, 0) is 20.8 Å². The van der Waals surface area contributed by atoms with E-state index >= 15 is 0 Å². The molecule has 0 aliphatic carbocycles. The number of hydrogen-bond acceptors (Lipinski definition) is 4. The van der Waals surface area contributed by atoms with Crippen molar-refractivity contribution in [3.63, 3.8) is 0 Å². The van der Waals surface area contributed by atoms with E-state index in [-0.39, 0.29) is 11.6 Å². The van der Waals surface area contributed by atoms with Crippen molar-refractivity contribution in [3.8, 4) is 0 Å². The molecule has 0 amide bonds. The van der Waals surface area contributed by atoms with Gasteiger partial charge in [-0.25, -0.2) is 0 Å². The molecule has 0 aromatic carbocycles. The highest BCUT2D eigenvalue weighted by Crippen LogP contribution is 2.11. The largest absolute Gasteiger partial charge is 0.569 e. The fourth-order valence-corrected chi connectivity index (χ4v) is 0.530. The third-order valence-electron chi connectivity index (χ3n) is 1.78. The zero-order valence-corrected chi connectivity index (χ0v) is 9.52. The number of hydrogen-bond donors (Lipinski definition) is 1. The fraction of sp³-hybridized carbons (Fsp3) is 1.00. The van der Waals surface area contributed by atoms with E-state index in [0.29, 0.717) is 0 Å². The Hall–Kier alpha value is -0.750. The molecule has 0 spiro atoms. The minimum Gasteiger partial charge on any atom is -0.569 e. The molecule has 0 saturated carbocycles. The molecule has 84 valence electrons. The zero-order valence-electron chi connectivity index (χ0n) is 8.77. The summed E-state index contributed by atoms with van der Waals surface area (Å²) in [5.41, 5.74) is -1.37. The maximum Gasteiger partial charge on any atom is 0.234 e. The van der Waals surface area contributed by atoms with Gasteiger partial charge < -0.3 is 15.2 Å². The smallest absolute Gasteiger partial charge is 0.234 e. The maximum absolute atomic E-state index is 11.2. The summed E-state index contributed by atoms with van der Waals surface area (Å²) < 4.78 is 0. The summed E-state index contributed by atoms with van der Waals surface area (Å²) in [6.07, 6.45) is 0. The Morgan fingerprint density at radius 1 is 1.71 bits per heavy atom. The first-order chi connectivity index (χ1) is 6.31. The van der Waals surface area contributed by atoms with Gasteiger partial charge in [-0.15, -0.1) is 5.01 Å². The van der Waals surface area contributed by atoms with Crippen LogP contribution in [-0.2, 0) is 4.84 Å². The summed E-state index contributed by atoms with van der Waals surface area (Å²) in [4.78, 5) is 4.79. The monoisotopic (exact) mass is 225 g/mol. The molecule has 1 unspecified atom stereocenters. The van der Waals surface area contributed by atoms with Gasteiger partial charge in [0.1, 0.15) is 5.54 Å². The second-order valence-corrected chi connectivity index (χ2v) is 4.09. The van der Waals surface area contributed by atoms with Crippen molar-refractivity contribution in [1.82, 2.24) is 5.01 Å². The maximum atomic E-state index is 11.2. The first kappa shape index (κ1) is 13.2. The van der Waals surface area contributed by atoms with Crippen molar-refractivity contribution < 1.29 is 14.9 Å². The molecule has 14 heavy (non-hydrogen) atoms. The van der Waals surface area contributed by atoms with Gasteiger partial charge in [0.2, 0.25) is 10.8 Å². The predicted octanol–water partition coefficient (Wildman–Crippen LogP) is 1.08. The molecule has 7 heteroatoms. The summed E-state index contributed by atoms with van der Waals surface area (Å²) >= 11 is 5.43. The number of aliphatic hydroxyl groups excluding tert-OH is 1. The van der Waals surface area contributed by atoms with E-state index in [0.717, 1.165) is 0 Å². The lowest BCUT2D eigenvalue weighted by Crippen LogP contribution is -2.47. The molecule has 0 aromatic rings. The molecular formula is C7H16ClN3O3. The summed E-state index contributed by atoms with van der Waals surface area (Å²) in [5, 5.41) is 24.6. The lowest BCUT2D eigenvalue weighted by atomic mass is 10.1. The molecule has 0 radical (unpaired) electrons. The highest BCUT2D eigenvalue weighted by molar-refractivity contribution is 6.19. The van der Waals surface area contributed by atoms with Crippen LogP contribution in [0.1, 0.15) is 20.8 Å². The third-order valence-corrected chi connectivity index (χ3v) is 1.86. The van der Waals surface area contributed by atoms with E-state index in [1.165, 1.54) is 19.0 Å².